The highest BCUT2D eigenvalue weighted by molar-refractivity contribution is 6.22. The zero-order valence-corrected chi connectivity index (χ0v) is 25.0. The molecular weight excluding hydrogens is 554 g/mol. The monoisotopic (exact) mass is 597 g/mol. The Hall–Kier alpha value is -3.57. The predicted molar refractivity (Wildman–Crippen MR) is 163 cm³/mol. The van der Waals surface area contributed by atoms with Crippen molar-refractivity contribution >= 4 is 17.8 Å². The Balaban J connectivity index is 1.08. The van der Waals surface area contributed by atoms with E-state index >= 15 is 0 Å². The second-order valence-corrected chi connectivity index (χ2v) is 9.62. The lowest BCUT2D eigenvalue weighted by Crippen LogP contribution is -2.15. The quantitative estimate of drug-likeness (QED) is 0.0930. The van der Waals surface area contributed by atoms with Crippen LogP contribution in [0, 0.1) is 0 Å². The van der Waals surface area contributed by atoms with Crippen molar-refractivity contribution in [3.63, 3.8) is 0 Å². The van der Waals surface area contributed by atoms with Gasteiger partial charge < -0.3 is 33.3 Å². The van der Waals surface area contributed by atoms with Gasteiger partial charge in [0.2, 0.25) is 0 Å². The van der Waals surface area contributed by atoms with Crippen LogP contribution >= 0.6 is 0 Å². The lowest BCUT2D eigenvalue weighted by Gasteiger charge is -2.12. The molecule has 0 atom stereocenters. The van der Waals surface area contributed by atoms with Crippen molar-refractivity contribution in [2.45, 2.75) is 32.6 Å². The van der Waals surface area contributed by atoms with Crippen molar-refractivity contribution in [3.05, 3.63) is 71.3 Å². The molecule has 234 valence electrons. The number of nitrogens with zero attached hydrogens (tertiary/aromatic N) is 1. The van der Waals surface area contributed by atoms with Crippen molar-refractivity contribution in [1.29, 1.82) is 0 Å². The van der Waals surface area contributed by atoms with Crippen LogP contribution in [0.15, 0.2) is 59.8 Å². The highest BCUT2D eigenvalue weighted by Crippen LogP contribution is 2.22. The Bertz CT molecular complexity index is 1160. The van der Waals surface area contributed by atoms with E-state index in [1.54, 1.807) is 24.4 Å². The van der Waals surface area contributed by atoms with Crippen LogP contribution in [-0.4, -0.2) is 90.5 Å². The van der Waals surface area contributed by atoms with Crippen molar-refractivity contribution in [3.8, 4) is 11.5 Å². The third-order valence-corrected chi connectivity index (χ3v) is 6.24. The molecule has 0 aromatic heterocycles. The molecule has 0 N–H and O–H groups in total. The summed E-state index contributed by atoms with van der Waals surface area (Å²) < 4.78 is 33.4. The van der Waals surface area contributed by atoms with Crippen LogP contribution in [0.4, 0.5) is 0 Å². The molecule has 0 amide bonds. The zero-order valence-electron chi connectivity index (χ0n) is 25.0. The van der Waals surface area contributed by atoms with Gasteiger partial charge in [-0.05, 0) is 60.9 Å². The standard InChI is InChI=1S/C33H43NO9/c1-2-3-4-5-13-43-34-26-27-7-6-8-28(24-27)41-22-20-39-18-16-37-14-15-38-17-19-40-21-23-42-29-9-10-30-31(25-29)33(36)12-11-32(30)35/h6-12,24-26H,2-5,13-23H2,1H3/b34-26+. The van der Waals surface area contributed by atoms with E-state index in [1.165, 1.54) is 31.4 Å². The highest BCUT2D eigenvalue weighted by atomic mass is 16.6. The van der Waals surface area contributed by atoms with Crippen molar-refractivity contribution in [1.82, 2.24) is 0 Å². The number of rotatable bonds is 24. The number of carbonyl (C=O) groups is 2. The number of hydrogen-bond acceptors (Lipinski definition) is 10. The molecule has 1 aliphatic carbocycles. The van der Waals surface area contributed by atoms with E-state index in [4.69, 9.17) is 33.3 Å². The molecule has 2 aromatic rings. The molecule has 3 rings (SSSR count). The number of allylic oxidation sites excluding steroid dienone is 2. The van der Waals surface area contributed by atoms with Crippen LogP contribution in [0.5, 0.6) is 11.5 Å². The summed E-state index contributed by atoms with van der Waals surface area (Å²) in [4.78, 5) is 29.1. The average molecular weight is 598 g/mol. The average Bonchev–Trinajstić information content (AvgIpc) is 3.02. The van der Waals surface area contributed by atoms with Gasteiger partial charge >= 0.3 is 0 Å². The van der Waals surface area contributed by atoms with Gasteiger partial charge in [-0.15, -0.1) is 0 Å². The molecule has 0 bridgehead atoms. The second kappa shape index (κ2) is 21.2. The molecule has 0 heterocycles. The molecule has 0 spiro atoms. The summed E-state index contributed by atoms with van der Waals surface area (Å²) in [5.74, 6) is 0.899. The highest BCUT2D eigenvalue weighted by Gasteiger charge is 2.19. The van der Waals surface area contributed by atoms with Gasteiger partial charge in [-0.2, -0.15) is 0 Å². The first-order valence-electron chi connectivity index (χ1n) is 14.9. The smallest absolute Gasteiger partial charge is 0.186 e. The summed E-state index contributed by atoms with van der Waals surface area (Å²) in [5.41, 5.74) is 1.68. The normalized spacial score (nSPS) is 12.6. The maximum atomic E-state index is 11.9. The fourth-order valence-corrected chi connectivity index (χ4v) is 3.99. The number of ketones is 2. The number of oxime groups is 1. The Morgan fingerprint density at radius 1 is 0.605 bits per heavy atom. The van der Waals surface area contributed by atoms with Gasteiger partial charge in [0.25, 0.3) is 0 Å². The van der Waals surface area contributed by atoms with E-state index in [1.807, 2.05) is 24.3 Å². The number of benzene rings is 2. The van der Waals surface area contributed by atoms with E-state index in [0.717, 1.165) is 17.7 Å². The SMILES string of the molecule is CCCCCCO/N=C/c1cccc(OCCOCCOCCOCCOCCOc2ccc3c(c2)C(=O)C=CC3=O)c1. The fourth-order valence-electron chi connectivity index (χ4n) is 3.99. The van der Waals surface area contributed by atoms with Gasteiger partial charge in [0.1, 0.15) is 31.3 Å². The molecule has 0 fully saturated rings. The van der Waals surface area contributed by atoms with Crippen LogP contribution in [0.25, 0.3) is 0 Å². The second-order valence-electron chi connectivity index (χ2n) is 9.62. The molecule has 0 saturated heterocycles. The van der Waals surface area contributed by atoms with Crippen LogP contribution in [0.1, 0.15) is 58.9 Å². The third-order valence-electron chi connectivity index (χ3n) is 6.24. The minimum Gasteiger partial charge on any atom is -0.491 e. The van der Waals surface area contributed by atoms with Crippen molar-refractivity contribution in [2.24, 2.45) is 5.16 Å². The van der Waals surface area contributed by atoms with Crippen molar-refractivity contribution in [2.75, 3.05) is 72.7 Å². The lowest BCUT2D eigenvalue weighted by atomic mass is 9.95. The number of fused-ring (bicyclic) bond motifs is 1. The van der Waals surface area contributed by atoms with Gasteiger partial charge in [-0.25, -0.2) is 0 Å². The Morgan fingerprint density at radius 2 is 1.19 bits per heavy atom. The summed E-state index contributed by atoms with van der Waals surface area (Å²) in [6.07, 6.45) is 8.88. The minimum atomic E-state index is -0.200. The summed E-state index contributed by atoms with van der Waals surface area (Å²) >= 11 is 0. The van der Waals surface area contributed by atoms with E-state index < -0.39 is 0 Å². The van der Waals surface area contributed by atoms with Gasteiger partial charge in [0.05, 0.1) is 59.1 Å². The minimum absolute atomic E-state index is 0.177. The molecule has 1 aliphatic rings. The third kappa shape index (κ3) is 14.0. The maximum absolute atomic E-state index is 11.9. The summed E-state index contributed by atoms with van der Waals surface area (Å²) in [7, 11) is 0. The number of unbranched alkanes of at least 4 members (excludes halogenated alkanes) is 3. The van der Waals surface area contributed by atoms with E-state index in [0.29, 0.717) is 89.6 Å². The Kier molecular flexibility index (Phi) is 16.7. The molecule has 0 unspecified atom stereocenters. The maximum Gasteiger partial charge on any atom is 0.186 e. The predicted octanol–water partition coefficient (Wildman–Crippen LogP) is 5.08. The van der Waals surface area contributed by atoms with Gasteiger partial charge in [0.15, 0.2) is 11.6 Å². The fraction of sp³-hybridized carbons (Fsp3) is 0.485. The van der Waals surface area contributed by atoms with Gasteiger partial charge in [-0.1, -0.05) is 37.1 Å². The molecule has 0 aliphatic heterocycles. The molecule has 43 heavy (non-hydrogen) atoms. The molecular formula is C33H43NO9. The van der Waals surface area contributed by atoms with E-state index in [9.17, 15) is 9.59 Å². The number of carbonyl (C=O) groups excluding carboxylic acids is 2. The lowest BCUT2D eigenvalue weighted by molar-refractivity contribution is -0.00699. The largest absolute Gasteiger partial charge is 0.491 e. The van der Waals surface area contributed by atoms with E-state index in [2.05, 4.69) is 12.1 Å². The van der Waals surface area contributed by atoms with Gasteiger partial charge in [-0.3, -0.25) is 9.59 Å². The first-order chi connectivity index (χ1) is 21.2. The molecule has 10 heteroatoms. The number of hydrogen-bond donors (Lipinski definition) is 0. The summed E-state index contributed by atoms with van der Waals surface area (Å²) in [6, 6.07) is 12.5. The first-order valence-corrected chi connectivity index (χ1v) is 14.9. The number of ether oxygens (including phenoxy) is 6. The summed E-state index contributed by atoms with van der Waals surface area (Å²) in [5, 5.41) is 4.02. The molecule has 10 nitrogen and oxygen atoms in total. The topological polar surface area (TPSA) is 111 Å². The van der Waals surface area contributed by atoms with Crippen LogP contribution in [0.3, 0.4) is 0 Å². The Labute approximate surface area is 253 Å². The van der Waals surface area contributed by atoms with E-state index in [-0.39, 0.29) is 11.6 Å². The first kappa shape index (κ1) is 33.9. The molecule has 2 aromatic carbocycles. The molecule has 0 radical (unpaired) electrons. The zero-order chi connectivity index (χ0) is 30.4. The molecule has 0 saturated carbocycles. The Morgan fingerprint density at radius 3 is 1.81 bits per heavy atom. The van der Waals surface area contributed by atoms with Crippen LogP contribution in [0.2, 0.25) is 0 Å². The van der Waals surface area contributed by atoms with Crippen LogP contribution in [-0.2, 0) is 23.8 Å². The van der Waals surface area contributed by atoms with Crippen molar-refractivity contribution < 1.29 is 42.8 Å². The van der Waals surface area contributed by atoms with Crippen LogP contribution < -0.4 is 9.47 Å². The van der Waals surface area contributed by atoms with Gasteiger partial charge in [0, 0.05) is 11.1 Å². The summed E-state index contributed by atoms with van der Waals surface area (Å²) in [6.45, 7) is 7.16.